The number of aromatic amines is 1. The Bertz CT molecular complexity index is 603. The monoisotopic (exact) mass is 257 g/mol. The second kappa shape index (κ2) is 5.39. The van der Waals surface area contributed by atoms with Gasteiger partial charge in [0, 0.05) is 11.8 Å². The summed E-state index contributed by atoms with van der Waals surface area (Å²) in [6.07, 6.45) is 1.64. The van der Waals surface area contributed by atoms with Gasteiger partial charge in [0.2, 0.25) is 0 Å². The number of nitrogens with one attached hydrogen (secondary N) is 3. The Labute approximate surface area is 111 Å². The van der Waals surface area contributed by atoms with Crippen LogP contribution in [0.15, 0.2) is 36.5 Å². The third-order valence-electron chi connectivity index (χ3n) is 2.77. The molecule has 0 radical (unpaired) electrons. The van der Waals surface area contributed by atoms with Gasteiger partial charge in [-0.15, -0.1) is 0 Å². The van der Waals surface area contributed by atoms with Crippen molar-refractivity contribution in [2.24, 2.45) is 0 Å². The highest BCUT2D eigenvalue weighted by molar-refractivity contribution is 5.99. The van der Waals surface area contributed by atoms with E-state index in [0.717, 1.165) is 11.1 Å². The van der Waals surface area contributed by atoms with Crippen LogP contribution in [0.3, 0.4) is 0 Å². The van der Waals surface area contributed by atoms with Gasteiger partial charge in [0.25, 0.3) is 11.8 Å². The minimum Gasteiger partial charge on any atom is -0.357 e. The third-order valence-corrected chi connectivity index (χ3v) is 2.77. The molecule has 0 fully saturated rings. The van der Waals surface area contributed by atoms with Crippen LogP contribution in [0.25, 0.3) is 0 Å². The van der Waals surface area contributed by atoms with E-state index in [1.165, 1.54) is 0 Å². The fraction of sp³-hybridized carbons (Fsp3) is 0.143. The lowest BCUT2D eigenvalue weighted by Crippen LogP contribution is -2.42. The van der Waals surface area contributed by atoms with Crippen molar-refractivity contribution in [1.29, 1.82) is 0 Å². The molecule has 0 aliphatic rings. The van der Waals surface area contributed by atoms with Crippen LogP contribution in [0.1, 0.15) is 32.0 Å². The van der Waals surface area contributed by atoms with Crippen molar-refractivity contribution in [2.45, 2.75) is 13.8 Å². The molecule has 0 bridgehead atoms. The molecular weight excluding hydrogens is 242 g/mol. The van der Waals surface area contributed by atoms with Crippen molar-refractivity contribution in [3.05, 3.63) is 58.9 Å². The topological polar surface area (TPSA) is 74.0 Å². The van der Waals surface area contributed by atoms with Gasteiger partial charge in [-0.2, -0.15) is 0 Å². The highest BCUT2D eigenvalue weighted by Crippen LogP contribution is 2.10. The van der Waals surface area contributed by atoms with Crippen molar-refractivity contribution >= 4 is 11.8 Å². The number of hydrogen-bond acceptors (Lipinski definition) is 2. The number of aryl methyl sites for hydroxylation is 2. The Morgan fingerprint density at radius 3 is 2.47 bits per heavy atom. The summed E-state index contributed by atoms with van der Waals surface area (Å²) in [5, 5.41) is 0. The molecule has 5 nitrogen and oxygen atoms in total. The molecule has 5 heteroatoms. The number of amides is 2. The van der Waals surface area contributed by atoms with Gasteiger partial charge in [-0.1, -0.05) is 17.7 Å². The zero-order chi connectivity index (χ0) is 13.8. The van der Waals surface area contributed by atoms with Crippen LogP contribution in [0, 0.1) is 13.8 Å². The Morgan fingerprint density at radius 2 is 1.79 bits per heavy atom. The quantitative estimate of drug-likeness (QED) is 0.716. The van der Waals surface area contributed by atoms with Crippen LogP contribution in [-0.2, 0) is 0 Å². The number of rotatable bonds is 2. The van der Waals surface area contributed by atoms with Crippen LogP contribution in [-0.4, -0.2) is 16.8 Å². The molecule has 0 spiro atoms. The maximum atomic E-state index is 12.0. The van der Waals surface area contributed by atoms with Crippen LogP contribution in [0.2, 0.25) is 0 Å². The zero-order valence-corrected chi connectivity index (χ0v) is 10.8. The molecule has 2 amide bonds. The van der Waals surface area contributed by atoms with E-state index < -0.39 is 0 Å². The Morgan fingerprint density at radius 1 is 1.05 bits per heavy atom. The molecule has 2 aromatic rings. The van der Waals surface area contributed by atoms with Gasteiger partial charge in [0.05, 0.1) is 0 Å². The maximum Gasteiger partial charge on any atom is 0.286 e. The fourth-order valence-corrected chi connectivity index (χ4v) is 1.70. The number of carbonyl (C=O) groups is 2. The number of hydrazine groups is 1. The average Bonchev–Trinajstić information content (AvgIpc) is 2.92. The highest BCUT2D eigenvalue weighted by Gasteiger charge is 2.11. The standard InChI is InChI=1S/C14H15N3O2/c1-9-5-6-10(2)11(8-9)13(18)16-17-14(19)12-4-3-7-15-12/h3-8,15H,1-2H3,(H,16,18)(H,17,19). The smallest absolute Gasteiger partial charge is 0.286 e. The predicted molar refractivity (Wildman–Crippen MR) is 71.6 cm³/mol. The minimum atomic E-state index is -0.386. The van der Waals surface area contributed by atoms with E-state index in [1.807, 2.05) is 26.0 Å². The van der Waals surface area contributed by atoms with Crippen molar-refractivity contribution < 1.29 is 9.59 Å². The molecule has 0 unspecified atom stereocenters. The molecule has 1 heterocycles. The summed E-state index contributed by atoms with van der Waals surface area (Å²) in [7, 11) is 0. The van der Waals surface area contributed by atoms with E-state index in [1.54, 1.807) is 24.4 Å². The Kier molecular flexibility index (Phi) is 3.66. The summed E-state index contributed by atoms with van der Waals surface area (Å²) >= 11 is 0. The molecule has 3 N–H and O–H groups in total. The second-order valence-corrected chi connectivity index (χ2v) is 4.31. The summed E-state index contributed by atoms with van der Waals surface area (Å²) in [6.45, 7) is 3.76. The molecule has 2 rings (SSSR count). The van der Waals surface area contributed by atoms with Gasteiger partial charge in [0.15, 0.2) is 0 Å². The van der Waals surface area contributed by atoms with Gasteiger partial charge in [0.1, 0.15) is 5.69 Å². The van der Waals surface area contributed by atoms with Crippen molar-refractivity contribution in [1.82, 2.24) is 15.8 Å². The zero-order valence-electron chi connectivity index (χ0n) is 10.8. The maximum absolute atomic E-state index is 12.0. The number of H-pyrrole nitrogens is 1. The van der Waals surface area contributed by atoms with Crippen molar-refractivity contribution in [3.8, 4) is 0 Å². The second-order valence-electron chi connectivity index (χ2n) is 4.31. The van der Waals surface area contributed by atoms with Gasteiger partial charge in [-0.05, 0) is 37.6 Å². The average molecular weight is 257 g/mol. The highest BCUT2D eigenvalue weighted by atomic mass is 16.2. The first kappa shape index (κ1) is 12.9. The first-order valence-electron chi connectivity index (χ1n) is 5.89. The molecule has 1 aromatic carbocycles. The van der Waals surface area contributed by atoms with E-state index in [-0.39, 0.29) is 11.8 Å². The number of hydrogen-bond donors (Lipinski definition) is 3. The molecule has 0 saturated heterocycles. The number of aromatic nitrogens is 1. The van der Waals surface area contributed by atoms with E-state index in [2.05, 4.69) is 15.8 Å². The lowest BCUT2D eigenvalue weighted by molar-refractivity contribution is 0.0844. The lowest BCUT2D eigenvalue weighted by Gasteiger charge is -2.09. The summed E-state index contributed by atoms with van der Waals surface area (Å²) in [5.74, 6) is -0.718. The third kappa shape index (κ3) is 3.01. The van der Waals surface area contributed by atoms with Crippen molar-refractivity contribution in [2.75, 3.05) is 0 Å². The summed E-state index contributed by atoms with van der Waals surface area (Å²) in [5.41, 5.74) is 7.55. The van der Waals surface area contributed by atoms with Gasteiger partial charge in [-0.25, -0.2) is 0 Å². The largest absolute Gasteiger partial charge is 0.357 e. The molecule has 19 heavy (non-hydrogen) atoms. The number of carbonyl (C=O) groups excluding carboxylic acids is 2. The molecular formula is C14H15N3O2. The molecule has 0 saturated carbocycles. The van der Waals surface area contributed by atoms with Crippen LogP contribution < -0.4 is 10.9 Å². The Balaban J connectivity index is 2.02. The van der Waals surface area contributed by atoms with Gasteiger partial charge >= 0.3 is 0 Å². The molecule has 0 aliphatic carbocycles. The normalized spacial score (nSPS) is 10.0. The van der Waals surface area contributed by atoms with E-state index in [0.29, 0.717) is 11.3 Å². The van der Waals surface area contributed by atoms with E-state index in [4.69, 9.17) is 0 Å². The summed E-state index contributed by atoms with van der Waals surface area (Å²) < 4.78 is 0. The van der Waals surface area contributed by atoms with E-state index >= 15 is 0 Å². The molecule has 1 aromatic heterocycles. The molecule has 0 atom stereocenters. The SMILES string of the molecule is Cc1ccc(C)c(C(=O)NNC(=O)c2ccc[nH]2)c1. The predicted octanol–water partition coefficient (Wildman–Crippen LogP) is 1.71. The first-order chi connectivity index (χ1) is 9.08. The van der Waals surface area contributed by atoms with Gasteiger partial charge < -0.3 is 4.98 Å². The minimum absolute atomic E-state index is 0.332. The lowest BCUT2D eigenvalue weighted by atomic mass is 10.1. The summed E-state index contributed by atoms with van der Waals surface area (Å²) in [6, 6.07) is 8.92. The molecule has 98 valence electrons. The number of benzene rings is 1. The van der Waals surface area contributed by atoms with Gasteiger partial charge in [-0.3, -0.25) is 20.4 Å². The summed E-state index contributed by atoms with van der Waals surface area (Å²) in [4.78, 5) is 26.3. The Hall–Kier alpha value is -2.56. The van der Waals surface area contributed by atoms with Crippen LogP contribution in [0.4, 0.5) is 0 Å². The van der Waals surface area contributed by atoms with Crippen molar-refractivity contribution in [3.63, 3.8) is 0 Å². The van der Waals surface area contributed by atoms with E-state index in [9.17, 15) is 9.59 Å². The molecule has 0 aliphatic heterocycles. The van der Waals surface area contributed by atoms with Crippen LogP contribution in [0.5, 0.6) is 0 Å². The fourth-order valence-electron chi connectivity index (χ4n) is 1.70. The first-order valence-corrected chi connectivity index (χ1v) is 5.89. The van der Waals surface area contributed by atoms with Crippen LogP contribution >= 0.6 is 0 Å².